The molecule has 4 heterocycles. The van der Waals surface area contributed by atoms with Gasteiger partial charge >= 0.3 is 0 Å². The second-order valence-corrected chi connectivity index (χ2v) is 7.58. The molecule has 0 unspecified atom stereocenters. The van der Waals surface area contributed by atoms with E-state index in [1.807, 2.05) is 29.1 Å². The molecule has 31 heavy (non-hydrogen) atoms. The van der Waals surface area contributed by atoms with Crippen molar-refractivity contribution in [1.82, 2.24) is 29.3 Å². The zero-order chi connectivity index (χ0) is 21.2. The number of nitrogens with zero attached hydrogens (tertiary/aromatic N) is 7. The molecular formula is C22H25N7O2. The molecule has 3 aromatic heterocycles. The van der Waals surface area contributed by atoms with E-state index in [-0.39, 0.29) is 0 Å². The summed E-state index contributed by atoms with van der Waals surface area (Å²) in [7, 11) is 1.69. The van der Waals surface area contributed by atoms with Crippen molar-refractivity contribution in [2.75, 3.05) is 44.9 Å². The van der Waals surface area contributed by atoms with E-state index in [9.17, 15) is 0 Å². The van der Waals surface area contributed by atoms with Crippen molar-refractivity contribution in [1.29, 1.82) is 0 Å². The lowest BCUT2D eigenvalue weighted by atomic mass is 10.1. The van der Waals surface area contributed by atoms with Crippen LogP contribution in [0.1, 0.15) is 5.56 Å². The van der Waals surface area contributed by atoms with Crippen molar-refractivity contribution in [2.24, 2.45) is 0 Å². The molecule has 1 aliphatic heterocycles. The van der Waals surface area contributed by atoms with Crippen LogP contribution in [-0.4, -0.2) is 69.3 Å². The zero-order valence-corrected chi connectivity index (χ0v) is 17.7. The molecule has 4 aromatic rings. The number of aromatic nitrogens is 6. The van der Waals surface area contributed by atoms with Crippen molar-refractivity contribution < 1.29 is 9.47 Å². The molecular weight excluding hydrogens is 394 g/mol. The van der Waals surface area contributed by atoms with Crippen LogP contribution < -0.4 is 4.90 Å². The fourth-order valence-electron chi connectivity index (χ4n) is 3.81. The number of hydrogen-bond donors (Lipinski definition) is 0. The molecule has 0 saturated carbocycles. The van der Waals surface area contributed by atoms with Gasteiger partial charge in [-0.2, -0.15) is 0 Å². The van der Waals surface area contributed by atoms with Crippen LogP contribution in [-0.2, 0) is 16.0 Å². The highest BCUT2D eigenvalue weighted by atomic mass is 16.5. The van der Waals surface area contributed by atoms with Gasteiger partial charge in [-0.25, -0.2) is 19.6 Å². The first kappa shape index (κ1) is 19.7. The van der Waals surface area contributed by atoms with Gasteiger partial charge in [-0.05, 0) is 13.0 Å². The smallest absolute Gasteiger partial charge is 0.181 e. The maximum Gasteiger partial charge on any atom is 0.181 e. The third-order valence-electron chi connectivity index (χ3n) is 5.43. The minimum atomic E-state index is 0.588. The standard InChI is InChI=1S/C22H25N7O2/c1-16-4-3-5-17(12-16)21-24-15-29(26-21)19-13-18(27-7-10-31-11-8-27)20-22(25-19)28(14-23-20)6-9-30-2/h3-5,12-15H,6-11H2,1-2H3. The number of morpholine rings is 1. The average molecular weight is 419 g/mol. The third kappa shape index (κ3) is 3.89. The Morgan fingerprint density at radius 3 is 2.77 bits per heavy atom. The van der Waals surface area contributed by atoms with Gasteiger partial charge in [0.2, 0.25) is 0 Å². The van der Waals surface area contributed by atoms with E-state index in [0.717, 1.165) is 35.5 Å². The summed E-state index contributed by atoms with van der Waals surface area (Å²) in [5.41, 5.74) is 4.87. The number of hydrogen-bond acceptors (Lipinski definition) is 7. The maximum atomic E-state index is 5.54. The lowest BCUT2D eigenvalue weighted by Gasteiger charge is -2.29. The van der Waals surface area contributed by atoms with E-state index in [0.29, 0.717) is 38.0 Å². The fraction of sp³-hybridized carbons (Fsp3) is 0.364. The number of ether oxygens (including phenoxy) is 2. The normalized spacial score (nSPS) is 14.5. The Kier molecular flexibility index (Phi) is 5.35. The number of pyridine rings is 1. The maximum absolute atomic E-state index is 5.54. The van der Waals surface area contributed by atoms with Crippen molar-refractivity contribution in [3.05, 3.63) is 48.5 Å². The van der Waals surface area contributed by atoms with Crippen LogP contribution in [0.3, 0.4) is 0 Å². The second-order valence-electron chi connectivity index (χ2n) is 7.58. The second kappa shape index (κ2) is 8.44. The highest BCUT2D eigenvalue weighted by molar-refractivity contribution is 5.87. The molecule has 1 aromatic carbocycles. The molecule has 9 heteroatoms. The minimum absolute atomic E-state index is 0.588. The van der Waals surface area contributed by atoms with Gasteiger partial charge < -0.3 is 18.9 Å². The van der Waals surface area contributed by atoms with Crippen LogP contribution in [0, 0.1) is 6.92 Å². The highest BCUT2D eigenvalue weighted by Gasteiger charge is 2.20. The predicted octanol–water partition coefficient (Wildman–Crippen LogP) is 2.47. The molecule has 0 radical (unpaired) electrons. The van der Waals surface area contributed by atoms with Gasteiger partial charge in [0.1, 0.15) is 11.8 Å². The zero-order valence-electron chi connectivity index (χ0n) is 17.7. The van der Waals surface area contributed by atoms with Gasteiger partial charge in [0.25, 0.3) is 0 Å². The monoisotopic (exact) mass is 419 g/mol. The Bertz CT molecular complexity index is 1190. The van der Waals surface area contributed by atoms with Crippen molar-refractivity contribution in [2.45, 2.75) is 13.5 Å². The summed E-state index contributed by atoms with van der Waals surface area (Å²) in [4.78, 5) is 16.4. The molecule has 1 aliphatic rings. The van der Waals surface area contributed by atoms with E-state index in [1.165, 1.54) is 5.56 Å². The van der Waals surface area contributed by atoms with Crippen LogP contribution in [0.25, 0.3) is 28.4 Å². The van der Waals surface area contributed by atoms with Crippen molar-refractivity contribution >= 4 is 16.9 Å². The number of rotatable bonds is 6. The highest BCUT2D eigenvalue weighted by Crippen LogP contribution is 2.28. The van der Waals surface area contributed by atoms with Gasteiger partial charge in [-0.1, -0.05) is 23.8 Å². The molecule has 0 N–H and O–H groups in total. The molecule has 0 atom stereocenters. The van der Waals surface area contributed by atoms with Crippen LogP contribution in [0.4, 0.5) is 5.69 Å². The van der Waals surface area contributed by atoms with Gasteiger partial charge in [-0.15, -0.1) is 5.10 Å². The third-order valence-corrected chi connectivity index (χ3v) is 5.43. The van der Waals surface area contributed by atoms with Crippen LogP contribution >= 0.6 is 0 Å². The summed E-state index contributed by atoms with van der Waals surface area (Å²) < 4.78 is 14.5. The first-order valence-electron chi connectivity index (χ1n) is 10.4. The van der Waals surface area contributed by atoms with Crippen LogP contribution in [0.5, 0.6) is 0 Å². The first-order chi connectivity index (χ1) is 15.2. The molecule has 0 aliphatic carbocycles. The van der Waals surface area contributed by atoms with Gasteiger partial charge in [0.05, 0.1) is 31.8 Å². The van der Waals surface area contributed by atoms with E-state index in [1.54, 1.807) is 18.1 Å². The summed E-state index contributed by atoms with van der Waals surface area (Å²) in [6.45, 7) is 6.36. The Morgan fingerprint density at radius 1 is 1.10 bits per heavy atom. The lowest BCUT2D eigenvalue weighted by Crippen LogP contribution is -2.36. The summed E-state index contributed by atoms with van der Waals surface area (Å²) in [5.74, 6) is 1.38. The molecule has 1 fully saturated rings. The Balaban J connectivity index is 1.59. The summed E-state index contributed by atoms with van der Waals surface area (Å²) >= 11 is 0. The summed E-state index contributed by atoms with van der Waals surface area (Å²) in [6, 6.07) is 10.2. The van der Waals surface area contributed by atoms with Crippen LogP contribution in [0.15, 0.2) is 43.0 Å². The average Bonchev–Trinajstić information content (AvgIpc) is 3.45. The van der Waals surface area contributed by atoms with E-state index in [4.69, 9.17) is 19.6 Å². The largest absolute Gasteiger partial charge is 0.383 e. The molecule has 1 saturated heterocycles. The fourth-order valence-corrected chi connectivity index (χ4v) is 3.81. The number of methoxy groups -OCH3 is 1. The SMILES string of the molecule is COCCn1cnc2c(N3CCOCC3)cc(-n3cnc(-c4cccc(C)c4)n3)nc21. The van der Waals surface area contributed by atoms with E-state index >= 15 is 0 Å². The summed E-state index contributed by atoms with van der Waals surface area (Å²) in [5, 5.41) is 4.71. The molecule has 0 bridgehead atoms. The Hall–Kier alpha value is -3.30. The lowest BCUT2D eigenvalue weighted by molar-refractivity contribution is 0.123. The van der Waals surface area contributed by atoms with E-state index in [2.05, 4.69) is 33.9 Å². The Morgan fingerprint density at radius 2 is 1.97 bits per heavy atom. The number of benzene rings is 1. The minimum Gasteiger partial charge on any atom is -0.383 e. The van der Waals surface area contributed by atoms with Gasteiger partial charge in [0, 0.05) is 38.4 Å². The van der Waals surface area contributed by atoms with Crippen LogP contribution in [0.2, 0.25) is 0 Å². The van der Waals surface area contributed by atoms with E-state index < -0.39 is 0 Å². The van der Waals surface area contributed by atoms with Crippen molar-refractivity contribution in [3.63, 3.8) is 0 Å². The summed E-state index contributed by atoms with van der Waals surface area (Å²) in [6.07, 6.45) is 3.54. The number of fused-ring (bicyclic) bond motifs is 1. The molecule has 9 nitrogen and oxygen atoms in total. The molecule has 0 spiro atoms. The quantitative estimate of drug-likeness (QED) is 0.475. The molecule has 0 amide bonds. The molecule has 5 rings (SSSR count). The Labute approximate surface area is 180 Å². The topological polar surface area (TPSA) is 83.1 Å². The van der Waals surface area contributed by atoms with Gasteiger partial charge in [0.15, 0.2) is 17.3 Å². The van der Waals surface area contributed by atoms with Crippen molar-refractivity contribution in [3.8, 4) is 17.2 Å². The number of imidazole rings is 1. The number of aryl methyl sites for hydroxylation is 1. The number of anilines is 1. The first-order valence-corrected chi connectivity index (χ1v) is 10.4. The molecule has 160 valence electrons. The predicted molar refractivity (Wildman–Crippen MR) is 118 cm³/mol. The van der Waals surface area contributed by atoms with Gasteiger partial charge in [-0.3, -0.25) is 0 Å².